The Balaban J connectivity index is 1.43. The summed E-state index contributed by atoms with van der Waals surface area (Å²) in [5, 5.41) is 30.1. The molecule has 1 aromatic carbocycles. The summed E-state index contributed by atoms with van der Waals surface area (Å²) < 4.78 is 84.3. The Morgan fingerprint density at radius 3 is 2.47 bits per heavy atom. The molecule has 0 aliphatic carbocycles. The van der Waals surface area contributed by atoms with Gasteiger partial charge in [0.05, 0.1) is 25.2 Å². The molecule has 1 spiro atoms. The minimum absolute atomic E-state index is 0.00333. The molecule has 53 heavy (non-hydrogen) atoms. The molecule has 3 aromatic heterocycles. The zero-order valence-corrected chi connectivity index (χ0v) is 30.9. The number of benzene rings is 1. The van der Waals surface area contributed by atoms with Crippen molar-refractivity contribution in [3.8, 4) is 5.88 Å². The number of halogens is 3. The lowest BCUT2D eigenvalue weighted by Crippen LogP contribution is -2.50. The van der Waals surface area contributed by atoms with Crippen molar-refractivity contribution in [3.05, 3.63) is 76.2 Å². The van der Waals surface area contributed by atoms with E-state index in [1.165, 1.54) is 36.5 Å². The van der Waals surface area contributed by atoms with E-state index in [4.69, 9.17) is 9.47 Å². The number of pyridine rings is 2. The molecule has 286 valence electrons. The van der Waals surface area contributed by atoms with E-state index in [0.29, 0.717) is 60.5 Å². The molecular formula is C36H43F3N6O7S. The van der Waals surface area contributed by atoms with E-state index < -0.39 is 44.9 Å². The van der Waals surface area contributed by atoms with Crippen molar-refractivity contribution in [2.75, 3.05) is 31.7 Å². The molecule has 2 aliphatic heterocycles. The largest absolute Gasteiger partial charge is 0.481 e. The number of aryl methyl sites for hydroxylation is 2. The first-order valence-electron chi connectivity index (χ1n) is 17.3. The second-order valence-electron chi connectivity index (χ2n) is 14.5. The van der Waals surface area contributed by atoms with Crippen LogP contribution in [0, 0.1) is 19.3 Å². The smallest absolute Gasteiger partial charge is 0.452 e. The zero-order chi connectivity index (χ0) is 38.5. The van der Waals surface area contributed by atoms with E-state index in [-0.39, 0.29) is 42.2 Å². The van der Waals surface area contributed by atoms with Crippen LogP contribution in [0.3, 0.4) is 0 Å². The predicted molar refractivity (Wildman–Crippen MR) is 187 cm³/mol. The fourth-order valence-electron chi connectivity index (χ4n) is 7.17. The van der Waals surface area contributed by atoms with Gasteiger partial charge in [-0.15, -0.1) is 10.2 Å². The van der Waals surface area contributed by atoms with Crippen LogP contribution in [0.2, 0.25) is 0 Å². The number of aromatic nitrogens is 4. The highest BCUT2D eigenvalue weighted by Gasteiger charge is 2.46. The lowest BCUT2D eigenvalue weighted by Gasteiger charge is -2.38. The van der Waals surface area contributed by atoms with Crippen LogP contribution in [0.15, 0.2) is 47.5 Å². The number of ether oxygens (including phenoxy) is 2. The number of fused-ring (bicyclic) bond motifs is 2. The standard InChI is InChI=1S/C36H43F3N6O7S/c1-21-6-7-24(29(34(4,5)33(47)48)26-10-14-45-30(23(26)3)42-43-32(45)36(37,38)39)18-25(21)19-44-20-35(12-16-51-17-13-35)52-31-27(53(44,49)50)8-9-28(41-31)40-22(2)11-15-46/h6-10,14,18,22,29,46H,11-13,15-17,19-20H2,1-5H3,(H,40,41)(H,47,48)/t22-,29+/m0/s1. The Kier molecular flexibility index (Phi) is 10.3. The third-order valence-corrected chi connectivity index (χ3v) is 12.1. The molecule has 0 bridgehead atoms. The summed E-state index contributed by atoms with van der Waals surface area (Å²) in [4.78, 5) is 17.3. The SMILES string of the molecule is Cc1ccc([C@H](c2ccn3c(C(F)(F)F)nnc3c2C)C(C)(C)C(=O)O)cc1CN1CC2(CCOCC2)Oc2nc(N[C@@H](C)CCO)ccc2S1(=O)=O. The topological polar surface area (TPSA) is 168 Å². The lowest BCUT2D eigenvalue weighted by atomic mass is 9.70. The number of aliphatic hydroxyl groups is 1. The summed E-state index contributed by atoms with van der Waals surface area (Å²) in [5.74, 6) is -2.85. The van der Waals surface area contributed by atoms with E-state index in [1.54, 1.807) is 31.2 Å². The van der Waals surface area contributed by atoms with E-state index >= 15 is 0 Å². The van der Waals surface area contributed by atoms with Crippen LogP contribution in [0.5, 0.6) is 5.88 Å². The quantitative estimate of drug-likeness (QED) is 0.191. The van der Waals surface area contributed by atoms with Gasteiger partial charge in [0, 0.05) is 44.1 Å². The zero-order valence-electron chi connectivity index (χ0n) is 30.1. The van der Waals surface area contributed by atoms with Crippen molar-refractivity contribution in [2.45, 2.75) is 89.1 Å². The van der Waals surface area contributed by atoms with Crippen molar-refractivity contribution in [2.24, 2.45) is 5.41 Å². The summed E-state index contributed by atoms with van der Waals surface area (Å²) in [5.41, 5.74) is 0.175. The van der Waals surface area contributed by atoms with Crippen LogP contribution in [0.1, 0.15) is 79.6 Å². The molecule has 3 N–H and O–H groups in total. The normalized spacial score (nSPS) is 18.6. The highest BCUT2D eigenvalue weighted by Crippen LogP contribution is 2.45. The lowest BCUT2D eigenvalue weighted by molar-refractivity contribution is -0.147. The highest BCUT2D eigenvalue weighted by molar-refractivity contribution is 7.89. The summed E-state index contributed by atoms with van der Waals surface area (Å²) in [6.07, 6.45) is -2.28. The van der Waals surface area contributed by atoms with Crippen molar-refractivity contribution < 1.29 is 46.1 Å². The van der Waals surface area contributed by atoms with Gasteiger partial charge in [0.1, 0.15) is 16.3 Å². The summed E-state index contributed by atoms with van der Waals surface area (Å²) in [6.45, 7) is 8.95. The van der Waals surface area contributed by atoms with Crippen molar-refractivity contribution in [1.82, 2.24) is 23.9 Å². The molecule has 0 amide bonds. The van der Waals surface area contributed by atoms with Gasteiger partial charge in [0.25, 0.3) is 0 Å². The van der Waals surface area contributed by atoms with Gasteiger partial charge in [-0.3, -0.25) is 9.20 Å². The van der Waals surface area contributed by atoms with Gasteiger partial charge >= 0.3 is 12.1 Å². The molecule has 0 radical (unpaired) electrons. The fourth-order valence-corrected chi connectivity index (χ4v) is 8.71. The Bertz CT molecular complexity index is 2130. The summed E-state index contributed by atoms with van der Waals surface area (Å²) >= 11 is 0. The molecule has 0 unspecified atom stereocenters. The molecule has 6 rings (SSSR count). The summed E-state index contributed by atoms with van der Waals surface area (Å²) in [7, 11) is -4.20. The van der Waals surface area contributed by atoms with Crippen LogP contribution >= 0.6 is 0 Å². The first-order chi connectivity index (χ1) is 24.9. The number of alkyl halides is 3. The number of anilines is 1. The number of hydrogen-bond donors (Lipinski definition) is 3. The maximum absolute atomic E-state index is 14.5. The average Bonchev–Trinajstić information content (AvgIpc) is 3.50. The third kappa shape index (κ3) is 7.31. The number of aliphatic hydroxyl groups excluding tert-OH is 1. The van der Waals surface area contributed by atoms with E-state index in [0.717, 1.165) is 9.96 Å². The monoisotopic (exact) mass is 760 g/mol. The van der Waals surface area contributed by atoms with E-state index in [1.807, 2.05) is 13.8 Å². The Morgan fingerprint density at radius 1 is 1.09 bits per heavy atom. The number of aliphatic carboxylic acids is 1. The number of rotatable bonds is 10. The molecule has 1 fully saturated rings. The molecule has 0 saturated carbocycles. The Morgan fingerprint density at radius 2 is 1.81 bits per heavy atom. The second kappa shape index (κ2) is 14.2. The van der Waals surface area contributed by atoms with E-state index in [2.05, 4.69) is 20.5 Å². The molecule has 17 heteroatoms. The fraction of sp³-hybridized carbons (Fsp3) is 0.500. The number of nitrogens with one attached hydrogen (secondary N) is 1. The van der Waals surface area contributed by atoms with E-state index in [9.17, 15) is 36.6 Å². The van der Waals surface area contributed by atoms with Gasteiger partial charge in [0.15, 0.2) is 5.65 Å². The molecule has 4 aromatic rings. The van der Waals surface area contributed by atoms with Crippen LogP contribution in [0.4, 0.5) is 19.0 Å². The van der Waals surface area contributed by atoms with Crippen molar-refractivity contribution in [3.63, 3.8) is 0 Å². The maximum Gasteiger partial charge on any atom is 0.452 e. The van der Waals surface area contributed by atoms with Crippen molar-refractivity contribution in [1.29, 1.82) is 0 Å². The minimum atomic E-state index is -4.75. The first kappa shape index (κ1) is 38.4. The van der Waals surface area contributed by atoms with Crippen molar-refractivity contribution >= 4 is 27.5 Å². The number of carbonyl (C=O) groups is 1. The van der Waals surface area contributed by atoms with Gasteiger partial charge < -0.3 is 25.0 Å². The molecule has 2 aliphatic rings. The Labute approximate surface area is 305 Å². The second-order valence-corrected chi connectivity index (χ2v) is 16.4. The summed E-state index contributed by atoms with van der Waals surface area (Å²) in [6, 6.07) is 9.66. The average molecular weight is 761 g/mol. The van der Waals surface area contributed by atoms with Gasteiger partial charge in [0.2, 0.25) is 21.7 Å². The van der Waals surface area contributed by atoms with Gasteiger partial charge in [-0.05, 0) is 87.1 Å². The van der Waals surface area contributed by atoms with Gasteiger partial charge in [-0.1, -0.05) is 18.2 Å². The number of nitrogens with zero attached hydrogens (tertiary/aromatic N) is 5. The number of carboxylic acid groups (broad SMARTS) is 1. The van der Waals surface area contributed by atoms with Crippen LogP contribution in [-0.4, -0.2) is 86.5 Å². The third-order valence-electron chi connectivity index (χ3n) is 10.3. The Hall–Kier alpha value is -4.32. The maximum atomic E-state index is 14.5. The minimum Gasteiger partial charge on any atom is -0.481 e. The number of hydrogen-bond acceptors (Lipinski definition) is 10. The highest BCUT2D eigenvalue weighted by atomic mass is 32.2. The molecule has 2 atom stereocenters. The predicted octanol–water partition coefficient (Wildman–Crippen LogP) is 5.32. The van der Waals surface area contributed by atoms with Crippen LogP contribution in [-0.2, 0) is 32.3 Å². The van der Waals surface area contributed by atoms with Gasteiger partial charge in [-0.2, -0.15) is 22.5 Å². The van der Waals surface area contributed by atoms with Crippen LogP contribution < -0.4 is 10.1 Å². The van der Waals surface area contributed by atoms with Crippen LogP contribution in [0.25, 0.3) is 5.65 Å². The molecular weight excluding hydrogens is 717 g/mol. The molecule has 5 heterocycles. The number of sulfonamides is 1. The first-order valence-corrected chi connectivity index (χ1v) is 18.7. The van der Waals surface area contributed by atoms with Gasteiger partial charge in [-0.25, -0.2) is 8.42 Å². The molecule has 1 saturated heterocycles. The number of carboxylic acids is 1. The molecule has 13 nitrogen and oxygen atoms in total.